The van der Waals surface area contributed by atoms with Crippen LogP contribution in [0.3, 0.4) is 0 Å². The van der Waals surface area contributed by atoms with E-state index in [1.165, 1.54) is 0 Å². The SMILES string of the molecule is CN[C@@H]1[C@@H](O[C@H]2O[C@H](CO)[C@@H](N)[C@H](O)[C@H]2O)OC2C[C@@H](N)[C@@H](O[C@H]3[C@H](OCCCN)[C@@H](O)[C@H](N)C[C@@H]3N)OC2[C@@H]1O. The van der Waals surface area contributed by atoms with E-state index in [1.807, 2.05) is 0 Å². The number of hydrogen-bond donors (Lipinski definition) is 11. The van der Waals surface area contributed by atoms with Crippen molar-refractivity contribution in [1.29, 1.82) is 0 Å². The van der Waals surface area contributed by atoms with E-state index in [1.54, 1.807) is 7.05 Å². The zero-order valence-electron chi connectivity index (χ0n) is 23.1. The second-order valence-corrected chi connectivity index (χ2v) is 11.3. The molecule has 0 aromatic carbocycles. The summed E-state index contributed by atoms with van der Waals surface area (Å²) in [4.78, 5) is 0. The van der Waals surface area contributed by atoms with Crippen LogP contribution in [0.25, 0.3) is 0 Å². The van der Waals surface area contributed by atoms with Crippen LogP contribution in [-0.4, -0.2) is 156 Å². The minimum Gasteiger partial charge on any atom is -0.394 e. The first-order chi connectivity index (χ1) is 19.5. The van der Waals surface area contributed by atoms with Crippen molar-refractivity contribution in [3.05, 3.63) is 0 Å². The van der Waals surface area contributed by atoms with Crippen molar-refractivity contribution in [3.63, 3.8) is 0 Å². The summed E-state index contributed by atoms with van der Waals surface area (Å²) in [5.74, 6) is 0. The second-order valence-electron chi connectivity index (χ2n) is 11.3. The van der Waals surface area contributed by atoms with Crippen molar-refractivity contribution in [2.75, 3.05) is 26.8 Å². The van der Waals surface area contributed by atoms with Gasteiger partial charge in [0.1, 0.15) is 42.7 Å². The van der Waals surface area contributed by atoms with Gasteiger partial charge >= 0.3 is 0 Å². The molecule has 0 aromatic heterocycles. The lowest BCUT2D eigenvalue weighted by molar-refractivity contribution is -0.373. The van der Waals surface area contributed by atoms with Crippen molar-refractivity contribution in [3.8, 4) is 0 Å². The van der Waals surface area contributed by atoms with Gasteiger partial charge in [0.25, 0.3) is 0 Å². The highest BCUT2D eigenvalue weighted by Crippen LogP contribution is 2.35. The van der Waals surface area contributed by atoms with E-state index < -0.39 is 111 Å². The van der Waals surface area contributed by atoms with Gasteiger partial charge in [-0.05, 0) is 32.9 Å². The third-order valence-corrected chi connectivity index (χ3v) is 8.38. The van der Waals surface area contributed by atoms with E-state index in [0.29, 0.717) is 13.0 Å². The maximum absolute atomic E-state index is 11.3. The topological polar surface area (TPSA) is 299 Å². The third-order valence-electron chi connectivity index (χ3n) is 8.38. The molecule has 4 aliphatic rings. The lowest BCUT2D eigenvalue weighted by atomic mass is 9.84. The van der Waals surface area contributed by atoms with Crippen molar-refractivity contribution in [1.82, 2.24) is 5.32 Å². The molecule has 3 aliphatic heterocycles. The molecule has 3 saturated heterocycles. The van der Waals surface area contributed by atoms with E-state index in [-0.39, 0.29) is 19.4 Å². The van der Waals surface area contributed by atoms with Crippen molar-refractivity contribution < 1.29 is 54.0 Å². The number of rotatable bonds is 10. The molecule has 240 valence electrons. The Hall–Kier alpha value is -0.680. The quantitative estimate of drug-likeness (QED) is 0.104. The smallest absolute Gasteiger partial charge is 0.189 e. The van der Waals surface area contributed by atoms with Gasteiger partial charge in [-0.3, -0.25) is 0 Å². The summed E-state index contributed by atoms with van der Waals surface area (Å²) in [5.41, 5.74) is 30.2. The first kappa shape index (κ1) is 33.2. The fourth-order valence-electron chi connectivity index (χ4n) is 5.93. The predicted molar refractivity (Wildman–Crippen MR) is 140 cm³/mol. The highest BCUT2D eigenvalue weighted by molar-refractivity contribution is 5.02. The molecular formula is C24H48N6O11. The maximum atomic E-state index is 11.3. The van der Waals surface area contributed by atoms with E-state index in [4.69, 9.17) is 57.1 Å². The third kappa shape index (κ3) is 7.02. The van der Waals surface area contributed by atoms with Crippen molar-refractivity contribution in [2.24, 2.45) is 28.7 Å². The largest absolute Gasteiger partial charge is 0.394 e. The number of aliphatic hydroxyl groups excluding tert-OH is 5. The Labute approximate surface area is 238 Å². The van der Waals surface area contributed by atoms with Gasteiger partial charge in [0.2, 0.25) is 0 Å². The van der Waals surface area contributed by atoms with Gasteiger partial charge in [-0.15, -0.1) is 0 Å². The van der Waals surface area contributed by atoms with Gasteiger partial charge in [0, 0.05) is 18.7 Å². The van der Waals surface area contributed by atoms with Crippen LogP contribution < -0.4 is 34.0 Å². The molecule has 0 aromatic rings. The summed E-state index contributed by atoms with van der Waals surface area (Å²) in [6.45, 7) is 0.179. The zero-order chi connectivity index (χ0) is 30.0. The minimum atomic E-state index is -1.53. The minimum absolute atomic E-state index is 0.187. The molecule has 0 bridgehead atoms. The average Bonchev–Trinajstić information content (AvgIpc) is 2.94. The number of ether oxygens (including phenoxy) is 6. The zero-order valence-corrected chi connectivity index (χ0v) is 23.1. The standard InChI is InChI=1S/C24H48N6O11/c1-30-14-17(34)20-11(37-23(14)41-24-18(35)16(33)13(29)12(7-31)38-24)6-10(28)22(40-20)39-19-9(27)5-8(26)15(32)21(19)36-4-2-3-25/h8-24,30-35H,2-7,25-29H2,1H3/t8-,9+,10-,11?,12-,13-,14+,15+,16+,17-,18-,19-,20?,21-,22+,23-,24-/m1/s1. The highest BCUT2D eigenvalue weighted by atomic mass is 16.8. The first-order valence-corrected chi connectivity index (χ1v) is 14.1. The Morgan fingerprint density at radius 2 is 1.51 bits per heavy atom. The number of nitrogens with one attached hydrogen (secondary N) is 1. The second kappa shape index (κ2) is 14.4. The van der Waals surface area contributed by atoms with Crippen LogP contribution in [0.15, 0.2) is 0 Å². The van der Waals surface area contributed by atoms with Crippen molar-refractivity contribution >= 4 is 0 Å². The molecule has 4 rings (SSSR count). The predicted octanol–water partition coefficient (Wildman–Crippen LogP) is -6.58. The molecule has 41 heavy (non-hydrogen) atoms. The molecule has 0 amide bonds. The van der Waals surface area contributed by atoms with Gasteiger partial charge in [0.15, 0.2) is 18.9 Å². The van der Waals surface area contributed by atoms with Crippen molar-refractivity contribution in [2.45, 2.75) is 123 Å². The number of aliphatic hydroxyl groups is 5. The molecule has 0 radical (unpaired) electrons. The Kier molecular flexibility index (Phi) is 11.7. The molecule has 1 saturated carbocycles. The molecule has 0 spiro atoms. The number of nitrogens with two attached hydrogens (primary N) is 5. The average molecular weight is 597 g/mol. The number of hydrogen-bond acceptors (Lipinski definition) is 17. The van der Waals surface area contributed by atoms with E-state index in [0.717, 1.165) is 0 Å². The van der Waals surface area contributed by atoms with Crippen LogP contribution in [0.4, 0.5) is 0 Å². The fraction of sp³-hybridized carbons (Fsp3) is 1.00. The summed E-state index contributed by atoms with van der Waals surface area (Å²) >= 11 is 0. The molecule has 16 N–H and O–H groups in total. The molecule has 2 unspecified atom stereocenters. The Morgan fingerprint density at radius 3 is 2.17 bits per heavy atom. The summed E-state index contributed by atoms with van der Waals surface area (Å²) < 4.78 is 35.7. The molecule has 17 heteroatoms. The molecule has 3 heterocycles. The van der Waals surface area contributed by atoms with E-state index in [9.17, 15) is 25.5 Å². The fourth-order valence-corrected chi connectivity index (χ4v) is 5.93. The van der Waals surface area contributed by atoms with E-state index >= 15 is 0 Å². The number of likely N-dealkylation sites (N-methyl/N-ethyl adjacent to an activating group) is 1. The monoisotopic (exact) mass is 596 g/mol. The molecule has 17 nitrogen and oxygen atoms in total. The molecular weight excluding hydrogens is 548 g/mol. The maximum Gasteiger partial charge on any atom is 0.189 e. The molecule has 17 atom stereocenters. The van der Waals surface area contributed by atoms with Crippen LogP contribution in [0, 0.1) is 0 Å². The van der Waals surface area contributed by atoms with Crippen LogP contribution in [-0.2, 0) is 28.4 Å². The molecule has 1 aliphatic carbocycles. The lowest BCUT2D eigenvalue weighted by Crippen LogP contribution is -2.70. The molecule has 4 fully saturated rings. The first-order valence-electron chi connectivity index (χ1n) is 14.1. The van der Waals surface area contributed by atoms with Crippen LogP contribution in [0.2, 0.25) is 0 Å². The van der Waals surface area contributed by atoms with Gasteiger partial charge in [0.05, 0.1) is 36.9 Å². The van der Waals surface area contributed by atoms with Crippen LogP contribution in [0.5, 0.6) is 0 Å². The Morgan fingerprint density at radius 1 is 0.780 bits per heavy atom. The Balaban J connectivity index is 1.44. The normalized spacial score (nSPS) is 50.9. The summed E-state index contributed by atoms with van der Waals surface area (Å²) in [6, 6.07) is -3.80. The highest BCUT2D eigenvalue weighted by Gasteiger charge is 2.54. The van der Waals surface area contributed by atoms with E-state index in [2.05, 4.69) is 5.32 Å². The lowest BCUT2D eigenvalue weighted by Gasteiger charge is -2.51. The number of fused-ring (bicyclic) bond motifs is 1. The van der Waals surface area contributed by atoms with Crippen LogP contribution >= 0.6 is 0 Å². The van der Waals surface area contributed by atoms with Crippen LogP contribution in [0.1, 0.15) is 19.3 Å². The van der Waals surface area contributed by atoms with Gasteiger partial charge in [-0.2, -0.15) is 0 Å². The Bertz CT molecular complexity index is 820. The summed E-state index contributed by atoms with van der Waals surface area (Å²) in [5, 5.41) is 55.2. The summed E-state index contributed by atoms with van der Waals surface area (Å²) in [6.07, 6.45) is -12.0. The van der Waals surface area contributed by atoms with Gasteiger partial charge in [-0.1, -0.05) is 0 Å². The van der Waals surface area contributed by atoms with Gasteiger partial charge in [-0.25, -0.2) is 0 Å². The van der Waals surface area contributed by atoms with Gasteiger partial charge < -0.3 is 87.9 Å². The summed E-state index contributed by atoms with van der Waals surface area (Å²) in [7, 11) is 1.57.